The Morgan fingerprint density at radius 1 is 1.18 bits per heavy atom. The second-order valence-corrected chi connectivity index (χ2v) is 6.91. The van der Waals surface area contributed by atoms with E-state index < -0.39 is 0 Å². The van der Waals surface area contributed by atoms with Crippen molar-refractivity contribution in [2.75, 3.05) is 26.2 Å². The van der Waals surface area contributed by atoms with Gasteiger partial charge in [-0.1, -0.05) is 26.0 Å². The van der Waals surface area contributed by atoms with Crippen molar-refractivity contribution in [2.45, 2.75) is 45.2 Å². The zero-order valence-electron chi connectivity index (χ0n) is 13.6. The Morgan fingerprint density at radius 3 is 2.45 bits per heavy atom. The standard InChI is InChI=1S/C18H26N2O2/c1-13(2)14-3-4-15(18(22)17(21)11-14)12-19-7-9-20(10-8-19)16-5-6-16/h3-4,11,13,16H,5-10,12H2,1-2H3,(H,21,22). The third kappa shape index (κ3) is 3.50. The number of hydrogen-bond donors (Lipinski definition) is 1. The van der Waals surface area contributed by atoms with Gasteiger partial charge >= 0.3 is 0 Å². The second kappa shape index (κ2) is 6.39. The van der Waals surface area contributed by atoms with Gasteiger partial charge in [0.25, 0.3) is 0 Å². The number of aromatic hydroxyl groups is 1. The van der Waals surface area contributed by atoms with E-state index >= 15 is 0 Å². The van der Waals surface area contributed by atoms with Crippen LogP contribution in [0.2, 0.25) is 0 Å². The van der Waals surface area contributed by atoms with E-state index in [1.54, 1.807) is 6.07 Å². The van der Waals surface area contributed by atoms with Crippen LogP contribution in [-0.4, -0.2) is 47.1 Å². The summed E-state index contributed by atoms with van der Waals surface area (Å²) in [5.41, 5.74) is 1.46. The summed E-state index contributed by atoms with van der Waals surface area (Å²) in [6, 6.07) is 6.28. The summed E-state index contributed by atoms with van der Waals surface area (Å²) in [6.07, 6.45) is 2.71. The Bertz CT molecular complexity index is 588. The molecule has 1 aliphatic heterocycles. The van der Waals surface area contributed by atoms with Gasteiger partial charge in [0.2, 0.25) is 5.43 Å². The van der Waals surface area contributed by atoms with Gasteiger partial charge in [-0.25, -0.2) is 0 Å². The summed E-state index contributed by atoms with van der Waals surface area (Å²) >= 11 is 0. The van der Waals surface area contributed by atoms with Crippen molar-refractivity contribution in [3.05, 3.63) is 39.5 Å². The van der Waals surface area contributed by atoms with Crippen molar-refractivity contribution in [2.24, 2.45) is 0 Å². The minimum Gasteiger partial charge on any atom is -0.504 e. The van der Waals surface area contributed by atoms with Gasteiger partial charge in [0.1, 0.15) is 0 Å². The molecule has 0 aromatic heterocycles. The monoisotopic (exact) mass is 302 g/mol. The third-order valence-electron chi connectivity index (χ3n) is 4.84. The van der Waals surface area contributed by atoms with Crippen molar-refractivity contribution >= 4 is 0 Å². The van der Waals surface area contributed by atoms with E-state index in [0.717, 1.165) is 43.3 Å². The highest BCUT2D eigenvalue weighted by Crippen LogP contribution is 2.28. The maximum atomic E-state index is 12.1. The Kier molecular flexibility index (Phi) is 4.50. The average Bonchev–Trinajstić information content (AvgIpc) is 3.34. The smallest absolute Gasteiger partial charge is 0.220 e. The van der Waals surface area contributed by atoms with Crippen LogP contribution in [0, 0.1) is 0 Å². The predicted molar refractivity (Wildman–Crippen MR) is 88.3 cm³/mol. The molecule has 22 heavy (non-hydrogen) atoms. The van der Waals surface area contributed by atoms with Gasteiger partial charge in [0.15, 0.2) is 5.75 Å². The molecule has 2 fully saturated rings. The fourth-order valence-corrected chi connectivity index (χ4v) is 3.16. The predicted octanol–water partition coefficient (Wildman–Crippen LogP) is 2.16. The highest BCUT2D eigenvalue weighted by atomic mass is 16.3. The highest BCUT2D eigenvalue weighted by Gasteiger charge is 2.31. The lowest BCUT2D eigenvalue weighted by atomic mass is 10.1. The molecule has 3 rings (SSSR count). The zero-order valence-corrected chi connectivity index (χ0v) is 13.6. The van der Waals surface area contributed by atoms with Crippen LogP contribution in [0.4, 0.5) is 0 Å². The number of hydrogen-bond acceptors (Lipinski definition) is 4. The van der Waals surface area contributed by atoms with Crippen LogP contribution in [0.15, 0.2) is 23.0 Å². The normalized spacial score (nSPS) is 20.5. The first-order valence-corrected chi connectivity index (χ1v) is 8.37. The molecule has 1 heterocycles. The van der Waals surface area contributed by atoms with Gasteiger partial charge in [-0.15, -0.1) is 0 Å². The summed E-state index contributed by atoms with van der Waals surface area (Å²) in [4.78, 5) is 17.0. The fraction of sp³-hybridized carbons (Fsp3) is 0.611. The van der Waals surface area contributed by atoms with Crippen molar-refractivity contribution in [1.82, 2.24) is 9.80 Å². The molecule has 120 valence electrons. The first-order valence-electron chi connectivity index (χ1n) is 8.37. The molecule has 1 aliphatic carbocycles. The van der Waals surface area contributed by atoms with E-state index in [1.807, 2.05) is 12.1 Å². The molecule has 4 nitrogen and oxygen atoms in total. The van der Waals surface area contributed by atoms with Crippen LogP contribution < -0.4 is 5.43 Å². The van der Waals surface area contributed by atoms with E-state index in [-0.39, 0.29) is 17.1 Å². The highest BCUT2D eigenvalue weighted by molar-refractivity contribution is 5.34. The van der Waals surface area contributed by atoms with E-state index in [1.165, 1.54) is 12.8 Å². The van der Waals surface area contributed by atoms with Crippen LogP contribution in [0.5, 0.6) is 5.75 Å². The SMILES string of the molecule is CC(C)c1ccc(CN2CCN(C3CC3)CC2)c(O)c(=O)c1. The van der Waals surface area contributed by atoms with Crippen molar-refractivity contribution in [3.8, 4) is 5.75 Å². The number of rotatable bonds is 4. The van der Waals surface area contributed by atoms with Crippen LogP contribution in [0.25, 0.3) is 0 Å². The molecule has 1 aromatic rings. The van der Waals surface area contributed by atoms with Gasteiger partial charge in [0.05, 0.1) is 0 Å². The maximum Gasteiger partial charge on any atom is 0.220 e. The molecule has 0 atom stereocenters. The topological polar surface area (TPSA) is 43.8 Å². The van der Waals surface area contributed by atoms with Gasteiger partial charge in [-0.3, -0.25) is 14.6 Å². The van der Waals surface area contributed by atoms with E-state index in [2.05, 4.69) is 23.6 Å². The molecular formula is C18H26N2O2. The fourth-order valence-electron chi connectivity index (χ4n) is 3.16. The summed E-state index contributed by atoms with van der Waals surface area (Å²) in [5.74, 6) is 0.200. The molecule has 0 radical (unpaired) electrons. The Balaban J connectivity index is 1.71. The van der Waals surface area contributed by atoms with Crippen molar-refractivity contribution in [3.63, 3.8) is 0 Å². The summed E-state index contributed by atoms with van der Waals surface area (Å²) in [7, 11) is 0. The first-order chi connectivity index (χ1) is 10.5. The molecule has 2 aliphatic rings. The molecule has 0 spiro atoms. The lowest BCUT2D eigenvalue weighted by molar-refractivity contribution is 0.121. The van der Waals surface area contributed by atoms with Crippen LogP contribution in [-0.2, 0) is 6.54 Å². The van der Waals surface area contributed by atoms with E-state index in [4.69, 9.17) is 0 Å². The molecule has 4 heteroatoms. The molecular weight excluding hydrogens is 276 g/mol. The van der Waals surface area contributed by atoms with Crippen LogP contribution >= 0.6 is 0 Å². The van der Waals surface area contributed by atoms with Gasteiger partial charge < -0.3 is 5.11 Å². The zero-order chi connectivity index (χ0) is 15.7. The lowest BCUT2D eigenvalue weighted by Gasteiger charge is -2.34. The van der Waals surface area contributed by atoms with Crippen molar-refractivity contribution < 1.29 is 5.11 Å². The van der Waals surface area contributed by atoms with Crippen LogP contribution in [0.3, 0.4) is 0 Å². The maximum absolute atomic E-state index is 12.1. The summed E-state index contributed by atoms with van der Waals surface area (Å²) in [6.45, 7) is 9.01. The Hall–Kier alpha value is -1.39. The molecule has 1 N–H and O–H groups in total. The molecule has 0 unspecified atom stereocenters. The molecule has 0 bridgehead atoms. The molecule has 0 amide bonds. The minimum atomic E-state index is -0.264. The summed E-state index contributed by atoms with van der Waals surface area (Å²) in [5, 5.41) is 10.2. The van der Waals surface area contributed by atoms with Crippen molar-refractivity contribution in [1.29, 1.82) is 0 Å². The van der Waals surface area contributed by atoms with Gasteiger partial charge in [-0.05, 0) is 30.4 Å². The largest absolute Gasteiger partial charge is 0.504 e. The molecule has 1 saturated heterocycles. The Morgan fingerprint density at radius 2 is 1.86 bits per heavy atom. The summed E-state index contributed by atoms with van der Waals surface area (Å²) < 4.78 is 0. The minimum absolute atomic E-state index is 0.0866. The van der Waals surface area contributed by atoms with Gasteiger partial charge in [-0.2, -0.15) is 0 Å². The third-order valence-corrected chi connectivity index (χ3v) is 4.84. The van der Waals surface area contributed by atoms with Gasteiger partial charge in [0, 0.05) is 44.3 Å². The van der Waals surface area contributed by atoms with Crippen LogP contribution in [0.1, 0.15) is 43.7 Å². The number of piperazine rings is 1. The molecule has 1 saturated carbocycles. The average molecular weight is 302 g/mol. The number of nitrogens with zero attached hydrogens (tertiary/aromatic N) is 2. The quantitative estimate of drug-likeness (QED) is 0.925. The Labute approximate surface area is 132 Å². The lowest BCUT2D eigenvalue weighted by Crippen LogP contribution is -2.46. The van der Waals surface area contributed by atoms with E-state index in [9.17, 15) is 9.90 Å². The molecule has 1 aromatic carbocycles. The first kappa shape index (κ1) is 15.5. The second-order valence-electron chi connectivity index (χ2n) is 6.91. The van der Waals surface area contributed by atoms with E-state index in [0.29, 0.717) is 6.54 Å².